The van der Waals surface area contributed by atoms with E-state index >= 15 is 0 Å². The largest absolute Gasteiger partial charge is 0.492 e. The van der Waals surface area contributed by atoms with Gasteiger partial charge in [-0.25, -0.2) is 4.39 Å². The predicted molar refractivity (Wildman–Crippen MR) is 25.4 cm³/mol. The van der Waals surface area contributed by atoms with Crippen molar-refractivity contribution >= 4 is 7.12 Å². The van der Waals surface area contributed by atoms with E-state index in [-0.39, 0.29) is 6.08 Å². The topological polar surface area (TPSA) is 40.5 Å². The van der Waals surface area contributed by atoms with Crippen molar-refractivity contribution in [3.05, 3.63) is 12.2 Å². The molecule has 1 atom stereocenters. The smallest absolute Gasteiger partial charge is 0.425 e. The Balaban J connectivity index is 3.76. The van der Waals surface area contributed by atoms with E-state index in [0.717, 1.165) is 0 Å². The lowest BCUT2D eigenvalue weighted by molar-refractivity contribution is 0.326. The Morgan fingerprint density at radius 2 is 1.89 bits per heavy atom. The standard InChI is InChI=1S/C3H4BF3O2/c5-2(4(8)9)1-3(6)7/h1-2,8-9H. The van der Waals surface area contributed by atoms with Crippen molar-refractivity contribution in [1.29, 1.82) is 0 Å². The minimum absolute atomic E-state index is 0.176. The van der Waals surface area contributed by atoms with Crippen LogP contribution in [-0.4, -0.2) is 23.2 Å². The second-order valence-corrected chi connectivity index (χ2v) is 1.31. The van der Waals surface area contributed by atoms with Crippen LogP contribution in [0.4, 0.5) is 13.2 Å². The molecule has 0 saturated carbocycles. The van der Waals surface area contributed by atoms with Crippen molar-refractivity contribution in [2.24, 2.45) is 0 Å². The van der Waals surface area contributed by atoms with Crippen LogP contribution in [0.3, 0.4) is 0 Å². The summed E-state index contributed by atoms with van der Waals surface area (Å²) in [5, 5.41) is 15.7. The summed E-state index contributed by atoms with van der Waals surface area (Å²) in [6.45, 7) is 0. The third-order valence-corrected chi connectivity index (χ3v) is 0.570. The monoisotopic (exact) mass is 140 g/mol. The molecule has 6 heteroatoms. The van der Waals surface area contributed by atoms with E-state index in [1.54, 1.807) is 0 Å². The van der Waals surface area contributed by atoms with Gasteiger partial charge >= 0.3 is 7.12 Å². The number of allylic oxidation sites excluding steroid dienone is 1. The van der Waals surface area contributed by atoms with E-state index in [2.05, 4.69) is 0 Å². The normalized spacial score (nSPS) is 12.6. The molecule has 0 bridgehead atoms. The molecule has 0 aromatic rings. The van der Waals surface area contributed by atoms with Crippen molar-refractivity contribution in [2.45, 2.75) is 6.07 Å². The number of halogens is 3. The molecule has 1 unspecified atom stereocenters. The fourth-order valence-electron chi connectivity index (χ4n) is 0.206. The highest BCUT2D eigenvalue weighted by molar-refractivity contribution is 6.43. The van der Waals surface area contributed by atoms with Gasteiger partial charge in [-0.1, -0.05) is 0 Å². The highest BCUT2D eigenvalue weighted by atomic mass is 19.3. The summed E-state index contributed by atoms with van der Waals surface area (Å²) >= 11 is 0. The van der Waals surface area contributed by atoms with Crippen LogP contribution in [-0.2, 0) is 0 Å². The Labute approximate surface area is 49.8 Å². The van der Waals surface area contributed by atoms with Gasteiger partial charge in [-0.2, -0.15) is 8.78 Å². The molecule has 52 valence electrons. The highest BCUT2D eigenvalue weighted by Crippen LogP contribution is 2.03. The van der Waals surface area contributed by atoms with Crippen LogP contribution in [0.5, 0.6) is 0 Å². The molecule has 0 aliphatic carbocycles. The van der Waals surface area contributed by atoms with Crippen LogP contribution in [0.15, 0.2) is 12.2 Å². The summed E-state index contributed by atoms with van der Waals surface area (Å²) in [7, 11) is -2.37. The molecule has 2 N–H and O–H groups in total. The number of hydrogen-bond donors (Lipinski definition) is 2. The molecule has 9 heavy (non-hydrogen) atoms. The first kappa shape index (κ1) is 8.51. The van der Waals surface area contributed by atoms with Gasteiger partial charge in [0.25, 0.3) is 6.08 Å². The van der Waals surface area contributed by atoms with Crippen LogP contribution >= 0.6 is 0 Å². The Bertz CT molecular complexity index is 112. The van der Waals surface area contributed by atoms with Crippen LogP contribution in [0, 0.1) is 0 Å². The molecule has 0 fully saturated rings. The molecule has 0 aliphatic rings. The van der Waals surface area contributed by atoms with E-state index in [1.165, 1.54) is 0 Å². The first-order valence-corrected chi connectivity index (χ1v) is 2.07. The minimum Gasteiger partial charge on any atom is -0.425 e. The molecule has 0 aromatic carbocycles. The van der Waals surface area contributed by atoms with Gasteiger partial charge in [0, 0.05) is 6.08 Å². The average Bonchev–Trinajstić information content (AvgIpc) is 1.63. The molecule has 0 rings (SSSR count). The molecule has 0 aromatic heterocycles. The van der Waals surface area contributed by atoms with Crippen molar-refractivity contribution in [1.82, 2.24) is 0 Å². The number of alkyl halides is 1. The molecule has 0 saturated heterocycles. The zero-order chi connectivity index (χ0) is 7.44. The molecule has 0 heterocycles. The molecule has 0 radical (unpaired) electrons. The second kappa shape index (κ2) is 3.52. The van der Waals surface area contributed by atoms with Crippen LogP contribution in [0.1, 0.15) is 0 Å². The quantitative estimate of drug-likeness (QED) is 0.534. The summed E-state index contributed by atoms with van der Waals surface area (Å²) < 4.78 is 33.8. The predicted octanol–water partition coefficient (Wildman–Crippen LogP) is 0.117. The molecule has 0 amide bonds. The zero-order valence-electron chi connectivity index (χ0n) is 4.26. The molecule has 2 nitrogen and oxygen atoms in total. The Kier molecular flexibility index (Phi) is 3.33. The maximum absolute atomic E-state index is 11.7. The lowest BCUT2D eigenvalue weighted by Crippen LogP contribution is -2.24. The number of rotatable bonds is 2. The Morgan fingerprint density at radius 1 is 1.44 bits per heavy atom. The minimum atomic E-state index is -2.41. The van der Waals surface area contributed by atoms with Gasteiger partial charge < -0.3 is 10.0 Å². The number of hydrogen-bond acceptors (Lipinski definition) is 2. The van der Waals surface area contributed by atoms with E-state index in [9.17, 15) is 13.2 Å². The summed E-state index contributed by atoms with van der Waals surface area (Å²) in [5.41, 5.74) is 0. The van der Waals surface area contributed by atoms with Gasteiger partial charge in [-0.15, -0.1) is 0 Å². The third-order valence-electron chi connectivity index (χ3n) is 0.570. The van der Waals surface area contributed by atoms with Crippen molar-refractivity contribution in [2.75, 3.05) is 0 Å². The van der Waals surface area contributed by atoms with Gasteiger partial charge in [0.15, 0.2) is 6.07 Å². The fraction of sp³-hybridized carbons (Fsp3) is 0.333. The third kappa shape index (κ3) is 4.05. The van der Waals surface area contributed by atoms with Crippen molar-refractivity contribution < 1.29 is 23.2 Å². The van der Waals surface area contributed by atoms with Gasteiger partial charge in [0.2, 0.25) is 0 Å². The van der Waals surface area contributed by atoms with Gasteiger partial charge in [-0.3, -0.25) is 0 Å². The van der Waals surface area contributed by atoms with Crippen molar-refractivity contribution in [3.8, 4) is 0 Å². The average molecular weight is 140 g/mol. The summed E-state index contributed by atoms with van der Waals surface area (Å²) in [5.74, 6) is 0. The van der Waals surface area contributed by atoms with Gasteiger partial charge in [0.1, 0.15) is 0 Å². The van der Waals surface area contributed by atoms with Gasteiger partial charge in [0.05, 0.1) is 0 Å². The first-order chi connectivity index (χ1) is 4.04. The maximum atomic E-state index is 11.7. The van der Waals surface area contributed by atoms with E-state index in [1.807, 2.05) is 0 Å². The van der Waals surface area contributed by atoms with Crippen LogP contribution in [0.25, 0.3) is 0 Å². The first-order valence-electron chi connectivity index (χ1n) is 2.07. The highest BCUT2D eigenvalue weighted by Gasteiger charge is 2.20. The summed E-state index contributed by atoms with van der Waals surface area (Å²) in [4.78, 5) is 0. The lowest BCUT2D eigenvalue weighted by Gasteiger charge is -1.96. The zero-order valence-corrected chi connectivity index (χ0v) is 4.26. The summed E-state index contributed by atoms with van der Waals surface area (Å²) in [6.07, 6.45) is -4.85. The van der Waals surface area contributed by atoms with Crippen LogP contribution in [0.2, 0.25) is 0 Å². The van der Waals surface area contributed by atoms with Crippen LogP contribution < -0.4 is 0 Å². The maximum Gasteiger partial charge on any atom is 0.492 e. The SMILES string of the molecule is OB(O)C(F)C=C(F)F. The van der Waals surface area contributed by atoms with E-state index < -0.39 is 19.3 Å². The second-order valence-electron chi connectivity index (χ2n) is 1.31. The van der Waals surface area contributed by atoms with Crippen molar-refractivity contribution in [3.63, 3.8) is 0 Å². The fourth-order valence-corrected chi connectivity index (χ4v) is 0.206. The molecular weight excluding hydrogens is 136 g/mol. The Morgan fingerprint density at radius 3 is 2.00 bits per heavy atom. The van der Waals surface area contributed by atoms with E-state index in [0.29, 0.717) is 0 Å². The summed E-state index contributed by atoms with van der Waals surface area (Å²) in [6, 6.07) is 0. The Hall–Kier alpha value is -0.485. The molecule has 0 aliphatic heterocycles. The van der Waals surface area contributed by atoms with Gasteiger partial charge in [-0.05, 0) is 0 Å². The lowest BCUT2D eigenvalue weighted by atomic mass is 9.84. The molecular formula is C3H4BF3O2. The van der Waals surface area contributed by atoms with E-state index in [4.69, 9.17) is 10.0 Å². The molecule has 0 spiro atoms.